The second kappa shape index (κ2) is 5.87. The van der Waals surface area contributed by atoms with Gasteiger partial charge in [0.2, 0.25) is 10.0 Å². The van der Waals surface area contributed by atoms with Gasteiger partial charge in [-0.3, -0.25) is 0 Å². The summed E-state index contributed by atoms with van der Waals surface area (Å²) in [6, 6.07) is 11.9. The number of rotatable bonds is 4. The summed E-state index contributed by atoms with van der Waals surface area (Å²) in [5.41, 5.74) is 2.47. The lowest BCUT2D eigenvalue weighted by molar-refractivity contribution is 0.204. The van der Waals surface area contributed by atoms with Crippen molar-refractivity contribution in [1.29, 1.82) is 0 Å². The first-order chi connectivity index (χ1) is 12.9. The molecule has 27 heavy (non-hydrogen) atoms. The van der Waals surface area contributed by atoms with Crippen LogP contribution in [-0.4, -0.2) is 35.4 Å². The Labute approximate surface area is 157 Å². The number of nitrogens with zero attached hydrogens (tertiary/aromatic N) is 3. The van der Waals surface area contributed by atoms with Crippen LogP contribution in [0.2, 0.25) is 0 Å². The van der Waals surface area contributed by atoms with Gasteiger partial charge in [0, 0.05) is 19.0 Å². The van der Waals surface area contributed by atoms with Gasteiger partial charge in [-0.15, -0.1) is 0 Å². The summed E-state index contributed by atoms with van der Waals surface area (Å²) in [7, 11) is -3.61. The van der Waals surface area contributed by atoms with E-state index in [1.54, 1.807) is 6.92 Å². The van der Waals surface area contributed by atoms with Crippen molar-refractivity contribution in [2.45, 2.75) is 36.6 Å². The van der Waals surface area contributed by atoms with Gasteiger partial charge in [0.1, 0.15) is 11.6 Å². The Morgan fingerprint density at radius 3 is 2.56 bits per heavy atom. The topological polar surface area (TPSA) is 55.2 Å². The van der Waals surface area contributed by atoms with Gasteiger partial charge >= 0.3 is 0 Å². The molecule has 0 radical (unpaired) electrons. The summed E-state index contributed by atoms with van der Waals surface area (Å²) in [6.07, 6.45) is 2.29. The van der Waals surface area contributed by atoms with E-state index in [0.29, 0.717) is 24.6 Å². The van der Waals surface area contributed by atoms with Crippen LogP contribution in [0, 0.1) is 12.7 Å². The minimum atomic E-state index is -3.61. The molecule has 5 nitrogen and oxygen atoms in total. The van der Waals surface area contributed by atoms with E-state index in [-0.39, 0.29) is 10.9 Å². The van der Waals surface area contributed by atoms with Crippen molar-refractivity contribution in [3.8, 4) is 0 Å². The maximum absolute atomic E-state index is 13.3. The first kappa shape index (κ1) is 16.9. The Bertz CT molecular complexity index is 1150. The summed E-state index contributed by atoms with van der Waals surface area (Å²) in [5.74, 6) is 1.14. The number of aryl methyl sites for hydroxylation is 1. The second-order valence-electron chi connectivity index (χ2n) is 7.49. The molecule has 2 fully saturated rings. The molecule has 3 aromatic rings. The number of hydrogen-bond donors (Lipinski definition) is 0. The zero-order valence-electron chi connectivity index (χ0n) is 15.0. The Morgan fingerprint density at radius 1 is 1.11 bits per heavy atom. The third-order valence-electron chi connectivity index (χ3n) is 5.51. The molecule has 1 aliphatic heterocycles. The second-order valence-corrected chi connectivity index (χ2v) is 9.40. The molecule has 0 N–H and O–H groups in total. The number of halogens is 1. The van der Waals surface area contributed by atoms with Gasteiger partial charge in [0.05, 0.1) is 22.0 Å². The van der Waals surface area contributed by atoms with Crippen molar-refractivity contribution in [2.75, 3.05) is 13.1 Å². The van der Waals surface area contributed by atoms with Crippen molar-refractivity contribution >= 4 is 21.1 Å². The lowest BCUT2D eigenvalue weighted by Gasteiger charge is -2.40. The molecule has 1 saturated carbocycles. The fraction of sp³-hybridized carbons (Fsp3) is 0.350. The average Bonchev–Trinajstić information content (AvgIpc) is 3.35. The number of sulfonamides is 1. The highest BCUT2D eigenvalue weighted by Crippen LogP contribution is 2.43. The summed E-state index contributed by atoms with van der Waals surface area (Å²) >= 11 is 0. The van der Waals surface area contributed by atoms with E-state index in [4.69, 9.17) is 4.98 Å². The molecule has 0 atom stereocenters. The number of aromatic nitrogens is 2. The van der Waals surface area contributed by atoms with Gasteiger partial charge in [-0.1, -0.05) is 12.1 Å². The van der Waals surface area contributed by atoms with Gasteiger partial charge < -0.3 is 4.57 Å². The van der Waals surface area contributed by atoms with E-state index >= 15 is 0 Å². The van der Waals surface area contributed by atoms with Crippen LogP contribution in [-0.2, 0) is 10.0 Å². The minimum Gasteiger partial charge on any atom is -0.322 e. The third kappa shape index (κ3) is 2.68. The molecule has 1 aliphatic carbocycles. The lowest BCUT2D eigenvalue weighted by atomic mass is 10.1. The normalized spacial score (nSPS) is 18.7. The molecule has 5 rings (SSSR count). The SMILES string of the molecule is Cc1cc(F)ccc1S(=O)(=O)N1CC(n2c(C3CC3)nc3ccccc32)C1. The standard InChI is InChI=1S/C20H20FN3O2S/c1-13-10-15(21)8-9-19(13)27(25,26)23-11-16(12-23)24-18-5-3-2-4-17(18)22-20(24)14-6-7-14/h2-5,8-10,14,16H,6-7,11-12H2,1H3. The number of para-hydroxylation sites is 2. The van der Waals surface area contributed by atoms with Gasteiger partial charge in [0.25, 0.3) is 0 Å². The summed E-state index contributed by atoms with van der Waals surface area (Å²) in [6.45, 7) is 2.46. The fourth-order valence-electron chi connectivity index (χ4n) is 3.89. The summed E-state index contributed by atoms with van der Waals surface area (Å²) in [5, 5.41) is 0. The first-order valence-corrected chi connectivity index (χ1v) is 10.6. The predicted octanol–water partition coefficient (Wildman–Crippen LogP) is 3.61. The van der Waals surface area contributed by atoms with E-state index < -0.39 is 15.8 Å². The molecule has 1 saturated heterocycles. The fourth-order valence-corrected chi connectivity index (χ4v) is 5.61. The Hall–Kier alpha value is -2.25. The minimum absolute atomic E-state index is 0.0866. The van der Waals surface area contributed by atoms with Crippen LogP contribution in [0.1, 0.15) is 36.2 Å². The molecule has 0 unspecified atom stereocenters. The van der Waals surface area contributed by atoms with Crippen LogP contribution in [0.25, 0.3) is 11.0 Å². The van der Waals surface area contributed by atoms with Crippen molar-refractivity contribution < 1.29 is 12.8 Å². The highest BCUT2D eigenvalue weighted by molar-refractivity contribution is 7.89. The third-order valence-corrected chi connectivity index (χ3v) is 7.51. The molecule has 7 heteroatoms. The summed E-state index contributed by atoms with van der Waals surface area (Å²) < 4.78 is 42.9. The van der Waals surface area contributed by atoms with Gasteiger partial charge in [-0.05, 0) is 55.7 Å². The van der Waals surface area contributed by atoms with Gasteiger partial charge in [-0.2, -0.15) is 4.31 Å². The Balaban J connectivity index is 1.46. The van der Waals surface area contributed by atoms with E-state index in [9.17, 15) is 12.8 Å². The quantitative estimate of drug-likeness (QED) is 0.689. The zero-order valence-corrected chi connectivity index (χ0v) is 15.8. The Morgan fingerprint density at radius 2 is 1.85 bits per heavy atom. The average molecular weight is 385 g/mol. The highest BCUT2D eigenvalue weighted by atomic mass is 32.2. The molecular formula is C20H20FN3O2S. The lowest BCUT2D eigenvalue weighted by Crippen LogP contribution is -2.51. The van der Waals surface area contributed by atoms with Crippen LogP contribution in [0.5, 0.6) is 0 Å². The number of fused-ring (bicyclic) bond motifs is 1. The molecule has 2 aromatic carbocycles. The molecule has 140 valence electrons. The van der Waals surface area contributed by atoms with Crippen LogP contribution < -0.4 is 0 Å². The molecule has 2 aliphatic rings. The van der Waals surface area contributed by atoms with Gasteiger partial charge in [-0.25, -0.2) is 17.8 Å². The van der Waals surface area contributed by atoms with Crippen LogP contribution in [0.3, 0.4) is 0 Å². The van der Waals surface area contributed by atoms with Crippen molar-refractivity contribution in [1.82, 2.24) is 13.9 Å². The molecule has 1 aromatic heterocycles. The van der Waals surface area contributed by atoms with Crippen LogP contribution in [0.4, 0.5) is 4.39 Å². The first-order valence-electron chi connectivity index (χ1n) is 9.18. The molecule has 0 bridgehead atoms. The largest absolute Gasteiger partial charge is 0.322 e. The number of hydrogen-bond acceptors (Lipinski definition) is 3. The molecule has 2 heterocycles. The summed E-state index contributed by atoms with van der Waals surface area (Å²) in [4.78, 5) is 4.98. The van der Waals surface area contributed by atoms with Gasteiger partial charge in [0.15, 0.2) is 0 Å². The van der Waals surface area contributed by atoms with E-state index in [1.807, 2.05) is 18.2 Å². The zero-order chi connectivity index (χ0) is 18.8. The Kier molecular flexibility index (Phi) is 3.67. The van der Waals surface area contributed by atoms with E-state index in [2.05, 4.69) is 10.6 Å². The maximum atomic E-state index is 13.3. The molecule has 0 amide bonds. The number of benzene rings is 2. The van der Waals surface area contributed by atoms with E-state index in [1.165, 1.54) is 22.5 Å². The van der Waals surface area contributed by atoms with Crippen molar-refractivity contribution in [2.24, 2.45) is 0 Å². The molecular weight excluding hydrogens is 365 g/mol. The number of imidazole rings is 1. The maximum Gasteiger partial charge on any atom is 0.243 e. The van der Waals surface area contributed by atoms with Crippen LogP contribution in [0.15, 0.2) is 47.4 Å². The van der Waals surface area contributed by atoms with Crippen molar-refractivity contribution in [3.05, 3.63) is 59.7 Å². The molecule has 0 spiro atoms. The monoisotopic (exact) mass is 385 g/mol. The van der Waals surface area contributed by atoms with Crippen LogP contribution >= 0.6 is 0 Å². The smallest absolute Gasteiger partial charge is 0.243 e. The van der Waals surface area contributed by atoms with Crippen molar-refractivity contribution in [3.63, 3.8) is 0 Å². The predicted molar refractivity (Wildman–Crippen MR) is 101 cm³/mol. The highest BCUT2D eigenvalue weighted by Gasteiger charge is 2.41. The van der Waals surface area contributed by atoms with E-state index in [0.717, 1.165) is 29.7 Å².